The molecule has 0 saturated carbocycles. The average Bonchev–Trinajstić information content (AvgIpc) is 3.29. The highest BCUT2D eigenvalue weighted by Gasteiger charge is 2.50. The number of nitrogens with zero attached hydrogens (tertiary/aromatic N) is 2. The quantitative estimate of drug-likeness (QED) is 0.202. The fourth-order valence-corrected chi connectivity index (χ4v) is 4.85. The second kappa shape index (κ2) is 13.2. The molecule has 1 aromatic heterocycles. The molecule has 0 radical (unpaired) electrons. The maximum Gasteiger partial charge on any atom is 0.260 e. The molecule has 212 valence electrons. The van der Waals surface area contributed by atoms with E-state index in [2.05, 4.69) is 5.32 Å². The third-order valence-corrected chi connectivity index (χ3v) is 6.43. The number of benzene rings is 2. The number of anilines is 3. The maximum absolute atomic E-state index is 13.5. The molecule has 0 aliphatic carbocycles. The van der Waals surface area contributed by atoms with Gasteiger partial charge in [-0.3, -0.25) is 4.90 Å². The number of aryl methyl sites for hydroxylation is 1. The van der Waals surface area contributed by atoms with Crippen molar-refractivity contribution in [3.05, 3.63) is 47.5 Å². The molecule has 4 rings (SSSR count). The summed E-state index contributed by atoms with van der Waals surface area (Å²) in [5.41, 5.74) is 3.32. The number of methoxy groups -OCH3 is 1. The Kier molecular flexibility index (Phi) is 9.71. The molecule has 0 atom stereocenters. The molecular formula is C28H34F3N3O5. The maximum atomic E-state index is 13.5. The summed E-state index contributed by atoms with van der Waals surface area (Å²) in [4.78, 5) is 6.64. The largest absolute Gasteiger partial charge is 0.497 e. The molecule has 3 aromatic rings. The highest BCUT2D eigenvalue weighted by molar-refractivity contribution is 6.02. The van der Waals surface area contributed by atoms with Gasteiger partial charge in [-0.15, -0.1) is 0 Å². The Bertz CT molecular complexity index is 1250. The number of hydrogen-bond donors (Lipinski definition) is 2. The van der Waals surface area contributed by atoms with Crippen molar-refractivity contribution >= 4 is 28.1 Å². The predicted octanol–water partition coefficient (Wildman–Crippen LogP) is 5.01. The number of ether oxygens (including phenoxy) is 4. The first-order chi connectivity index (χ1) is 19.0. The van der Waals surface area contributed by atoms with Crippen molar-refractivity contribution in [3.63, 3.8) is 0 Å². The fourth-order valence-electron chi connectivity index (χ4n) is 4.85. The van der Waals surface area contributed by atoms with Crippen LogP contribution in [0.3, 0.4) is 0 Å². The Morgan fingerprint density at radius 1 is 1.05 bits per heavy atom. The zero-order valence-electron chi connectivity index (χ0n) is 22.1. The topological polar surface area (TPSA) is 85.3 Å². The highest BCUT2D eigenvalue weighted by atomic mass is 19.1. The molecule has 11 heteroatoms. The van der Waals surface area contributed by atoms with E-state index in [1.165, 1.54) is 0 Å². The second-order valence-corrected chi connectivity index (χ2v) is 8.93. The number of nitrogens with one attached hydrogen (secondary N) is 1. The summed E-state index contributed by atoms with van der Waals surface area (Å²) < 4.78 is 63.3. The van der Waals surface area contributed by atoms with Gasteiger partial charge < -0.3 is 29.4 Å². The molecule has 1 aliphatic heterocycles. The van der Waals surface area contributed by atoms with Crippen LogP contribution < -0.4 is 19.7 Å². The van der Waals surface area contributed by atoms with E-state index in [1.807, 2.05) is 30.0 Å². The minimum absolute atomic E-state index is 0.0199. The number of aliphatic hydroxyl groups is 1. The molecular weight excluding hydrogens is 515 g/mol. The summed E-state index contributed by atoms with van der Waals surface area (Å²) in [6, 6.07) is 10.8. The third kappa shape index (κ3) is 5.85. The van der Waals surface area contributed by atoms with E-state index in [0.29, 0.717) is 58.1 Å². The Morgan fingerprint density at radius 2 is 1.79 bits per heavy atom. The lowest BCUT2D eigenvalue weighted by molar-refractivity contribution is -0.229. The van der Waals surface area contributed by atoms with Crippen LogP contribution in [0, 0.1) is 6.92 Å². The first kappa shape index (κ1) is 28.7. The molecule has 0 amide bonds. The van der Waals surface area contributed by atoms with Gasteiger partial charge >= 0.3 is 0 Å². The molecule has 2 N–H and O–H groups in total. The van der Waals surface area contributed by atoms with Crippen LogP contribution in [0.15, 0.2) is 36.4 Å². The minimum atomic E-state index is -1.58. The van der Waals surface area contributed by atoms with Crippen molar-refractivity contribution in [3.8, 4) is 11.5 Å². The Labute approximate surface area is 225 Å². The van der Waals surface area contributed by atoms with Gasteiger partial charge in [-0.05, 0) is 43.2 Å². The van der Waals surface area contributed by atoms with Gasteiger partial charge in [0.1, 0.15) is 49.5 Å². The fraction of sp³-hybridized carbons (Fsp3) is 0.464. The zero-order valence-corrected chi connectivity index (χ0v) is 22.1. The summed E-state index contributed by atoms with van der Waals surface area (Å²) >= 11 is 0. The molecule has 39 heavy (non-hydrogen) atoms. The molecule has 0 unspecified atom stereocenters. The molecule has 1 aliphatic rings. The Balaban J connectivity index is 2.02. The van der Waals surface area contributed by atoms with Crippen molar-refractivity contribution in [2.45, 2.75) is 25.7 Å². The molecule has 2 aromatic carbocycles. The van der Waals surface area contributed by atoms with Crippen LogP contribution in [0.25, 0.3) is 10.9 Å². The molecule has 0 saturated heterocycles. The number of alkyl halides is 3. The van der Waals surface area contributed by atoms with Gasteiger partial charge in [-0.2, -0.15) is 0 Å². The number of pyridine rings is 1. The molecule has 2 heterocycles. The minimum Gasteiger partial charge on any atom is -0.497 e. The first-order valence-corrected chi connectivity index (χ1v) is 12.9. The lowest BCUT2D eigenvalue weighted by atomic mass is 10.1. The van der Waals surface area contributed by atoms with Gasteiger partial charge in [-0.1, -0.05) is 12.1 Å². The summed E-state index contributed by atoms with van der Waals surface area (Å²) in [6.07, 6.45) is 0.575. The monoisotopic (exact) mass is 549 g/mol. The standard InChI is InChI=1S/C28H34F3N3O5/c1-19-17-20(36-2)7-8-23(19)34-26-21-5-3-6-24(37-14-9-29)25(21)33-27(32-12-4-13-35)22(26)18-28(34,38-15-10-30)39-16-11-31/h3,5-8,17,35H,4,9-16,18H2,1-2H3,(H,32,33). The third-order valence-electron chi connectivity index (χ3n) is 6.43. The molecule has 8 nitrogen and oxygen atoms in total. The van der Waals surface area contributed by atoms with Gasteiger partial charge in [-0.25, -0.2) is 18.2 Å². The average molecular weight is 550 g/mol. The lowest BCUT2D eigenvalue weighted by Crippen LogP contribution is -2.50. The van der Waals surface area contributed by atoms with E-state index in [-0.39, 0.29) is 32.8 Å². The summed E-state index contributed by atoms with van der Waals surface area (Å²) in [5.74, 6) is -0.0770. The van der Waals surface area contributed by atoms with E-state index in [4.69, 9.17) is 23.9 Å². The van der Waals surface area contributed by atoms with Gasteiger partial charge in [0.05, 0.1) is 32.4 Å². The number of hydrogen-bond acceptors (Lipinski definition) is 8. The number of para-hydroxylation sites is 1. The van der Waals surface area contributed by atoms with Crippen molar-refractivity contribution < 1.29 is 37.2 Å². The molecule has 0 spiro atoms. The first-order valence-electron chi connectivity index (χ1n) is 12.9. The molecule has 0 fully saturated rings. The van der Waals surface area contributed by atoms with Gasteiger partial charge in [0.15, 0.2) is 0 Å². The summed E-state index contributed by atoms with van der Waals surface area (Å²) in [6.45, 7) is -0.626. The number of aromatic nitrogens is 1. The van der Waals surface area contributed by atoms with Crippen LogP contribution in [0.5, 0.6) is 11.5 Å². The van der Waals surface area contributed by atoms with Crippen molar-refractivity contribution in [1.82, 2.24) is 4.98 Å². The van der Waals surface area contributed by atoms with Gasteiger partial charge in [0.25, 0.3) is 5.91 Å². The Hall–Kier alpha value is -3.28. The van der Waals surface area contributed by atoms with Crippen LogP contribution in [0.2, 0.25) is 0 Å². The SMILES string of the molecule is COc1ccc(N2c3c(c(NCCCO)nc4c(OCCF)cccc34)CC2(OCCF)OCCF)c(C)c1. The van der Waals surface area contributed by atoms with E-state index in [1.54, 1.807) is 25.3 Å². The van der Waals surface area contributed by atoms with Gasteiger partial charge in [0.2, 0.25) is 0 Å². The summed E-state index contributed by atoms with van der Waals surface area (Å²) in [5, 5.41) is 13.3. The zero-order chi connectivity index (χ0) is 27.8. The lowest BCUT2D eigenvalue weighted by Gasteiger charge is -2.40. The Morgan fingerprint density at radius 3 is 2.44 bits per heavy atom. The van der Waals surface area contributed by atoms with E-state index in [9.17, 15) is 18.3 Å². The number of fused-ring (bicyclic) bond motifs is 3. The van der Waals surface area contributed by atoms with Crippen LogP contribution >= 0.6 is 0 Å². The normalized spacial score (nSPS) is 14.1. The second-order valence-electron chi connectivity index (χ2n) is 8.93. The van der Waals surface area contributed by atoms with E-state index in [0.717, 1.165) is 5.56 Å². The van der Waals surface area contributed by atoms with E-state index >= 15 is 0 Å². The highest BCUT2D eigenvalue weighted by Crippen LogP contribution is 2.52. The van der Waals surface area contributed by atoms with Crippen LogP contribution in [-0.4, -0.2) is 76.1 Å². The summed E-state index contributed by atoms with van der Waals surface area (Å²) in [7, 11) is 1.57. The van der Waals surface area contributed by atoms with Crippen molar-refractivity contribution in [2.24, 2.45) is 0 Å². The van der Waals surface area contributed by atoms with Crippen LogP contribution in [0.4, 0.5) is 30.4 Å². The number of aliphatic hydroxyl groups excluding tert-OH is 1. The van der Waals surface area contributed by atoms with Crippen LogP contribution in [-0.2, 0) is 15.9 Å². The van der Waals surface area contributed by atoms with Crippen molar-refractivity contribution in [2.75, 3.05) is 70.3 Å². The smallest absolute Gasteiger partial charge is 0.260 e. The van der Waals surface area contributed by atoms with Crippen molar-refractivity contribution in [1.29, 1.82) is 0 Å². The van der Waals surface area contributed by atoms with Crippen LogP contribution in [0.1, 0.15) is 17.5 Å². The molecule has 0 bridgehead atoms. The van der Waals surface area contributed by atoms with Gasteiger partial charge in [0, 0.05) is 29.8 Å². The number of rotatable bonds is 15. The number of halogens is 3. The van der Waals surface area contributed by atoms with E-state index < -0.39 is 25.9 Å². The predicted molar refractivity (Wildman–Crippen MR) is 144 cm³/mol.